The van der Waals surface area contributed by atoms with E-state index < -0.39 is 0 Å². The van der Waals surface area contributed by atoms with E-state index in [-0.39, 0.29) is 11.5 Å². The van der Waals surface area contributed by atoms with Crippen molar-refractivity contribution in [3.63, 3.8) is 0 Å². The van der Waals surface area contributed by atoms with Crippen LogP contribution in [-0.2, 0) is 6.54 Å². The molecular weight excluding hydrogens is 178 g/mol. The molecule has 1 rings (SSSR count). The first-order chi connectivity index (χ1) is 6.29. The lowest BCUT2D eigenvalue weighted by molar-refractivity contribution is -0.884. The third-order valence-electron chi connectivity index (χ3n) is 2.04. The Labute approximate surface area is 84.8 Å². The summed E-state index contributed by atoms with van der Waals surface area (Å²) < 4.78 is 0.718. The maximum absolute atomic E-state index is 9.66. The van der Waals surface area contributed by atoms with Crippen molar-refractivity contribution in [1.29, 1.82) is 0 Å². The van der Waals surface area contributed by atoms with Crippen molar-refractivity contribution in [3.8, 4) is 11.5 Å². The van der Waals surface area contributed by atoms with E-state index in [0.29, 0.717) is 12.1 Å². The summed E-state index contributed by atoms with van der Waals surface area (Å²) in [6.45, 7) is 2.46. The highest BCUT2D eigenvalue weighted by molar-refractivity contribution is 5.43. The molecule has 0 heterocycles. The van der Waals surface area contributed by atoms with Crippen LogP contribution >= 0.6 is 0 Å². The standard InChI is InChI=1S/C11H17NO2/c1-8-5-11(14)9(6-10(8)13)7-12(2,3)4/h5-6H,7H2,1-4H3,(H-,13,14)/p+1. The lowest BCUT2D eigenvalue weighted by Gasteiger charge is -2.24. The molecule has 0 aromatic heterocycles. The van der Waals surface area contributed by atoms with Crippen molar-refractivity contribution in [1.82, 2.24) is 0 Å². The van der Waals surface area contributed by atoms with Crippen LogP contribution in [0.15, 0.2) is 12.1 Å². The van der Waals surface area contributed by atoms with E-state index in [1.165, 1.54) is 0 Å². The molecule has 0 radical (unpaired) electrons. The quantitative estimate of drug-likeness (QED) is 0.557. The second kappa shape index (κ2) is 3.50. The summed E-state index contributed by atoms with van der Waals surface area (Å²) in [5.41, 5.74) is 1.48. The molecule has 0 bridgehead atoms. The molecule has 0 aliphatic rings. The molecule has 3 heteroatoms. The van der Waals surface area contributed by atoms with Crippen LogP contribution in [0.25, 0.3) is 0 Å². The van der Waals surface area contributed by atoms with Gasteiger partial charge in [-0.2, -0.15) is 0 Å². The Morgan fingerprint density at radius 2 is 1.64 bits per heavy atom. The molecule has 78 valence electrons. The first kappa shape index (κ1) is 10.9. The van der Waals surface area contributed by atoms with Crippen LogP contribution in [0.5, 0.6) is 11.5 Å². The highest BCUT2D eigenvalue weighted by Crippen LogP contribution is 2.27. The van der Waals surface area contributed by atoms with E-state index in [0.717, 1.165) is 10.0 Å². The number of aromatic hydroxyl groups is 2. The van der Waals surface area contributed by atoms with Gasteiger partial charge in [-0.05, 0) is 24.6 Å². The number of benzene rings is 1. The van der Waals surface area contributed by atoms with Gasteiger partial charge in [0.05, 0.1) is 26.7 Å². The van der Waals surface area contributed by atoms with Crippen molar-refractivity contribution < 1.29 is 14.7 Å². The summed E-state index contributed by atoms with van der Waals surface area (Å²) in [5.74, 6) is 0.500. The van der Waals surface area contributed by atoms with Gasteiger partial charge < -0.3 is 14.7 Å². The van der Waals surface area contributed by atoms with Gasteiger partial charge in [-0.15, -0.1) is 0 Å². The van der Waals surface area contributed by atoms with E-state index in [1.807, 2.05) is 21.1 Å². The van der Waals surface area contributed by atoms with E-state index in [1.54, 1.807) is 19.1 Å². The molecule has 0 aliphatic carbocycles. The topological polar surface area (TPSA) is 40.5 Å². The minimum atomic E-state index is 0.242. The summed E-state index contributed by atoms with van der Waals surface area (Å²) in [7, 11) is 6.11. The molecule has 3 nitrogen and oxygen atoms in total. The van der Waals surface area contributed by atoms with E-state index in [4.69, 9.17) is 0 Å². The fourth-order valence-electron chi connectivity index (χ4n) is 1.36. The predicted molar refractivity (Wildman–Crippen MR) is 56.2 cm³/mol. The predicted octanol–water partition coefficient (Wildman–Crippen LogP) is 1.61. The maximum atomic E-state index is 9.66. The smallest absolute Gasteiger partial charge is 0.124 e. The van der Waals surface area contributed by atoms with Crippen LogP contribution in [0.2, 0.25) is 0 Å². The van der Waals surface area contributed by atoms with E-state index >= 15 is 0 Å². The van der Waals surface area contributed by atoms with Crippen LogP contribution in [-0.4, -0.2) is 35.8 Å². The summed E-state index contributed by atoms with van der Waals surface area (Å²) in [6.07, 6.45) is 0. The maximum Gasteiger partial charge on any atom is 0.124 e. The first-order valence-corrected chi connectivity index (χ1v) is 4.61. The number of hydrogen-bond donors (Lipinski definition) is 2. The Kier molecular flexibility index (Phi) is 2.71. The third kappa shape index (κ3) is 2.64. The number of phenols is 2. The Bertz CT molecular complexity index is 340. The van der Waals surface area contributed by atoms with Gasteiger partial charge in [0.25, 0.3) is 0 Å². The lowest BCUT2D eigenvalue weighted by Crippen LogP contribution is -2.33. The normalized spacial score (nSPS) is 11.7. The number of hydrogen-bond acceptors (Lipinski definition) is 2. The highest BCUT2D eigenvalue weighted by Gasteiger charge is 2.13. The third-order valence-corrected chi connectivity index (χ3v) is 2.04. The van der Waals surface area contributed by atoms with Gasteiger partial charge in [-0.1, -0.05) is 0 Å². The molecule has 0 amide bonds. The van der Waals surface area contributed by atoms with Crippen LogP contribution in [0.3, 0.4) is 0 Å². The summed E-state index contributed by atoms with van der Waals surface area (Å²) in [5, 5.41) is 19.2. The molecule has 0 saturated heterocycles. The Morgan fingerprint density at radius 3 is 2.14 bits per heavy atom. The van der Waals surface area contributed by atoms with Crippen molar-refractivity contribution in [2.75, 3.05) is 21.1 Å². The molecule has 14 heavy (non-hydrogen) atoms. The van der Waals surface area contributed by atoms with Crippen molar-refractivity contribution in [2.24, 2.45) is 0 Å². The summed E-state index contributed by atoms with van der Waals surface area (Å²) in [4.78, 5) is 0. The molecular formula is C11H18NO2+. The molecule has 0 saturated carbocycles. The number of phenolic OH excluding ortho intramolecular Hbond substituents is 2. The average Bonchev–Trinajstić information content (AvgIpc) is 1.97. The second-order valence-corrected chi connectivity index (χ2v) is 4.72. The SMILES string of the molecule is Cc1cc(O)c(C[N+](C)(C)C)cc1O. The monoisotopic (exact) mass is 196 g/mol. The van der Waals surface area contributed by atoms with Crippen molar-refractivity contribution in [2.45, 2.75) is 13.5 Å². The fraction of sp³-hybridized carbons (Fsp3) is 0.455. The van der Waals surface area contributed by atoms with Gasteiger partial charge in [0.2, 0.25) is 0 Å². The number of aryl methyl sites for hydroxylation is 1. The average molecular weight is 196 g/mol. The van der Waals surface area contributed by atoms with Crippen LogP contribution in [0, 0.1) is 6.92 Å². The zero-order chi connectivity index (χ0) is 10.9. The van der Waals surface area contributed by atoms with Crippen LogP contribution in [0.4, 0.5) is 0 Å². The van der Waals surface area contributed by atoms with E-state index in [9.17, 15) is 10.2 Å². The van der Waals surface area contributed by atoms with Crippen molar-refractivity contribution in [3.05, 3.63) is 23.3 Å². The Balaban J connectivity index is 3.04. The number of quaternary nitrogens is 1. The number of nitrogens with zero attached hydrogens (tertiary/aromatic N) is 1. The van der Waals surface area contributed by atoms with E-state index in [2.05, 4.69) is 0 Å². The molecule has 0 unspecified atom stereocenters. The van der Waals surface area contributed by atoms with Crippen LogP contribution in [0.1, 0.15) is 11.1 Å². The van der Waals surface area contributed by atoms with Crippen LogP contribution < -0.4 is 0 Å². The first-order valence-electron chi connectivity index (χ1n) is 4.61. The zero-order valence-corrected chi connectivity index (χ0v) is 9.20. The molecule has 1 aromatic rings. The van der Waals surface area contributed by atoms with Gasteiger partial charge in [0.15, 0.2) is 0 Å². The van der Waals surface area contributed by atoms with Gasteiger partial charge in [-0.25, -0.2) is 0 Å². The fourth-order valence-corrected chi connectivity index (χ4v) is 1.36. The van der Waals surface area contributed by atoms with Gasteiger partial charge in [-0.3, -0.25) is 0 Å². The Morgan fingerprint density at radius 1 is 1.07 bits per heavy atom. The highest BCUT2D eigenvalue weighted by atomic mass is 16.3. The minimum Gasteiger partial charge on any atom is -0.508 e. The van der Waals surface area contributed by atoms with Gasteiger partial charge in [0.1, 0.15) is 18.0 Å². The molecule has 1 aromatic carbocycles. The molecule has 0 atom stereocenters. The summed E-state index contributed by atoms with van der Waals surface area (Å²) in [6, 6.07) is 3.23. The zero-order valence-electron chi connectivity index (χ0n) is 9.20. The van der Waals surface area contributed by atoms with Gasteiger partial charge >= 0.3 is 0 Å². The minimum absolute atomic E-state index is 0.242. The summed E-state index contributed by atoms with van der Waals surface area (Å²) >= 11 is 0. The molecule has 2 N–H and O–H groups in total. The molecule has 0 fully saturated rings. The second-order valence-electron chi connectivity index (χ2n) is 4.72. The van der Waals surface area contributed by atoms with Gasteiger partial charge in [0, 0.05) is 0 Å². The number of rotatable bonds is 2. The largest absolute Gasteiger partial charge is 0.508 e. The Hall–Kier alpha value is -1.22. The van der Waals surface area contributed by atoms with Crippen molar-refractivity contribution >= 4 is 0 Å². The lowest BCUT2D eigenvalue weighted by atomic mass is 10.1. The molecule has 0 aliphatic heterocycles. The molecule has 0 spiro atoms.